The number of nitrogens with zero attached hydrogens (tertiary/aromatic N) is 6. The van der Waals surface area contributed by atoms with Gasteiger partial charge < -0.3 is 9.80 Å². The third-order valence-corrected chi connectivity index (χ3v) is 7.65. The lowest BCUT2D eigenvalue weighted by atomic mass is 10.0. The van der Waals surface area contributed by atoms with Crippen molar-refractivity contribution in [1.29, 1.82) is 5.26 Å². The molecular weight excluding hydrogens is 543 g/mol. The van der Waals surface area contributed by atoms with Gasteiger partial charge in [0.2, 0.25) is 5.91 Å². The molecule has 1 aliphatic rings. The van der Waals surface area contributed by atoms with Crippen LogP contribution in [0.3, 0.4) is 0 Å². The molecule has 1 aliphatic heterocycles. The Bertz CT molecular complexity index is 1790. The molecule has 208 valence electrons. The highest BCUT2D eigenvalue weighted by atomic mass is 35.5. The van der Waals surface area contributed by atoms with Gasteiger partial charge in [-0.05, 0) is 48.7 Å². The first-order chi connectivity index (χ1) is 19.7. The summed E-state index contributed by atoms with van der Waals surface area (Å²) in [6.07, 6.45) is 1.28. The average molecular weight is 571 g/mol. The van der Waals surface area contributed by atoms with E-state index in [-0.39, 0.29) is 45.4 Å². The van der Waals surface area contributed by atoms with Crippen LogP contribution < -0.4 is 10.6 Å². The molecule has 1 atom stereocenters. The van der Waals surface area contributed by atoms with E-state index in [1.807, 2.05) is 56.0 Å². The van der Waals surface area contributed by atoms with Gasteiger partial charge >= 0.3 is 5.69 Å². The molecule has 0 bridgehead atoms. The fourth-order valence-corrected chi connectivity index (χ4v) is 5.60. The molecule has 0 radical (unpaired) electrons. The van der Waals surface area contributed by atoms with E-state index in [4.69, 9.17) is 16.6 Å². The maximum Gasteiger partial charge on any atom is 0.355 e. The standard InChI is InChI=1S/C31H28ClFN6O2/c1-5-26(40)37-13-14-38(19(4)17-37)29-22-15-23(32)28(27-20(16-34)9-8-11-24(27)33)35-30(22)39(31(41)36-29)25-12-7-6-10-21(25)18(2)3/h5-12,15,18-19H,1,13-14,17H2,2-4H3/t19-/m0/s1. The molecule has 0 unspecified atom stereocenters. The maximum absolute atomic E-state index is 15.2. The van der Waals surface area contributed by atoms with Gasteiger partial charge in [0.15, 0.2) is 5.65 Å². The molecular formula is C31H28ClFN6O2. The molecule has 0 spiro atoms. The normalized spacial score (nSPS) is 15.3. The zero-order chi connectivity index (χ0) is 29.4. The first-order valence-corrected chi connectivity index (χ1v) is 13.6. The summed E-state index contributed by atoms with van der Waals surface area (Å²) in [4.78, 5) is 39.1. The van der Waals surface area contributed by atoms with Crippen LogP contribution in [0, 0.1) is 17.1 Å². The lowest BCUT2D eigenvalue weighted by molar-refractivity contribution is -0.126. The zero-order valence-electron chi connectivity index (χ0n) is 22.9. The first-order valence-electron chi connectivity index (χ1n) is 13.3. The molecule has 0 aliphatic carbocycles. The summed E-state index contributed by atoms with van der Waals surface area (Å²) in [6.45, 7) is 10.8. The Labute approximate surface area is 241 Å². The lowest BCUT2D eigenvalue weighted by Crippen LogP contribution is -2.54. The number of hydrogen-bond acceptors (Lipinski definition) is 6. The first kappa shape index (κ1) is 28.0. The summed E-state index contributed by atoms with van der Waals surface area (Å²) in [5, 5.41) is 10.3. The number of amides is 1. The highest BCUT2D eigenvalue weighted by Crippen LogP contribution is 2.37. The summed E-state index contributed by atoms with van der Waals surface area (Å²) in [7, 11) is 0. The molecule has 2 aromatic carbocycles. The zero-order valence-corrected chi connectivity index (χ0v) is 23.7. The molecule has 1 amide bonds. The number of para-hydroxylation sites is 1. The third kappa shape index (κ3) is 4.96. The van der Waals surface area contributed by atoms with Gasteiger partial charge in [0.1, 0.15) is 11.6 Å². The Hall–Kier alpha value is -4.55. The van der Waals surface area contributed by atoms with Crippen molar-refractivity contribution in [3.05, 3.63) is 93.6 Å². The summed E-state index contributed by atoms with van der Waals surface area (Å²) < 4.78 is 16.6. The molecule has 1 fully saturated rings. The number of carbonyl (C=O) groups is 1. The number of piperazine rings is 1. The largest absolute Gasteiger partial charge is 0.355 e. The molecule has 41 heavy (non-hydrogen) atoms. The van der Waals surface area contributed by atoms with E-state index in [1.165, 1.54) is 28.8 Å². The number of pyridine rings is 1. The van der Waals surface area contributed by atoms with Crippen molar-refractivity contribution in [3.8, 4) is 23.0 Å². The Balaban J connectivity index is 1.82. The molecule has 10 heteroatoms. The van der Waals surface area contributed by atoms with Gasteiger partial charge in [0.05, 0.1) is 39.0 Å². The minimum Gasteiger partial charge on any atom is -0.350 e. The third-order valence-electron chi connectivity index (χ3n) is 7.36. The Morgan fingerprint density at radius 3 is 2.63 bits per heavy atom. The van der Waals surface area contributed by atoms with Crippen LogP contribution in [0.4, 0.5) is 10.2 Å². The van der Waals surface area contributed by atoms with Crippen LogP contribution in [0.2, 0.25) is 5.02 Å². The predicted molar refractivity (Wildman–Crippen MR) is 158 cm³/mol. The van der Waals surface area contributed by atoms with Gasteiger partial charge in [-0.3, -0.25) is 4.79 Å². The fourth-order valence-electron chi connectivity index (χ4n) is 5.36. The summed E-state index contributed by atoms with van der Waals surface area (Å²) >= 11 is 6.75. The van der Waals surface area contributed by atoms with Gasteiger partial charge in [-0.25, -0.2) is 18.7 Å². The van der Waals surface area contributed by atoms with E-state index >= 15 is 4.39 Å². The average Bonchev–Trinajstić information content (AvgIpc) is 2.96. The monoisotopic (exact) mass is 570 g/mol. The minimum atomic E-state index is -0.653. The Morgan fingerprint density at radius 1 is 1.20 bits per heavy atom. The van der Waals surface area contributed by atoms with Crippen LogP contribution in [0.1, 0.15) is 37.8 Å². The van der Waals surface area contributed by atoms with Gasteiger partial charge in [0, 0.05) is 25.7 Å². The highest BCUT2D eigenvalue weighted by Gasteiger charge is 2.30. The number of anilines is 1. The van der Waals surface area contributed by atoms with E-state index in [2.05, 4.69) is 11.6 Å². The van der Waals surface area contributed by atoms with Crippen molar-refractivity contribution in [2.24, 2.45) is 0 Å². The van der Waals surface area contributed by atoms with Crippen LogP contribution >= 0.6 is 11.6 Å². The smallest absolute Gasteiger partial charge is 0.350 e. The second-order valence-corrected chi connectivity index (χ2v) is 10.7. The molecule has 8 nitrogen and oxygen atoms in total. The summed E-state index contributed by atoms with van der Waals surface area (Å²) in [5.74, 6) is -0.369. The van der Waals surface area contributed by atoms with Crippen molar-refractivity contribution < 1.29 is 9.18 Å². The molecule has 0 N–H and O–H groups in total. The summed E-state index contributed by atoms with van der Waals surface area (Å²) in [6, 6.07) is 15.1. The van der Waals surface area contributed by atoms with E-state index in [9.17, 15) is 14.9 Å². The van der Waals surface area contributed by atoms with Crippen molar-refractivity contribution in [2.45, 2.75) is 32.7 Å². The number of halogens is 2. The SMILES string of the molecule is C=CC(=O)N1CCN(c2nc(=O)n(-c3ccccc3C(C)C)c3nc(-c4c(F)cccc4C#N)c(Cl)cc23)[C@@H](C)C1. The van der Waals surface area contributed by atoms with Crippen LogP contribution in [0.5, 0.6) is 0 Å². The topological polar surface area (TPSA) is 95.1 Å². The molecule has 1 saturated heterocycles. The van der Waals surface area contributed by atoms with Crippen molar-refractivity contribution in [1.82, 2.24) is 19.4 Å². The van der Waals surface area contributed by atoms with Crippen LogP contribution in [-0.4, -0.2) is 51.0 Å². The van der Waals surface area contributed by atoms with Crippen molar-refractivity contribution in [3.63, 3.8) is 0 Å². The van der Waals surface area contributed by atoms with Crippen LogP contribution in [-0.2, 0) is 4.79 Å². The predicted octanol–water partition coefficient (Wildman–Crippen LogP) is 5.46. The van der Waals surface area contributed by atoms with E-state index in [1.54, 1.807) is 11.0 Å². The Kier molecular flexibility index (Phi) is 7.61. The molecule has 4 aromatic rings. The van der Waals surface area contributed by atoms with Gasteiger partial charge in [-0.2, -0.15) is 10.2 Å². The number of aromatic nitrogens is 3. The van der Waals surface area contributed by atoms with E-state index in [0.29, 0.717) is 36.5 Å². The van der Waals surface area contributed by atoms with Gasteiger partial charge in [0.25, 0.3) is 0 Å². The number of rotatable bonds is 5. The molecule has 2 aromatic heterocycles. The molecule has 3 heterocycles. The van der Waals surface area contributed by atoms with Crippen molar-refractivity contribution >= 4 is 34.4 Å². The minimum absolute atomic E-state index is 0.0404. The highest BCUT2D eigenvalue weighted by molar-refractivity contribution is 6.34. The van der Waals surface area contributed by atoms with Gasteiger partial charge in [-0.15, -0.1) is 0 Å². The number of fused-ring (bicyclic) bond motifs is 1. The van der Waals surface area contributed by atoms with Gasteiger partial charge in [-0.1, -0.05) is 56.3 Å². The number of hydrogen-bond donors (Lipinski definition) is 0. The number of nitriles is 1. The van der Waals surface area contributed by atoms with Crippen LogP contribution in [0.25, 0.3) is 28.0 Å². The van der Waals surface area contributed by atoms with Crippen LogP contribution in [0.15, 0.2) is 66.0 Å². The quantitative estimate of drug-likeness (QED) is 0.296. The fraction of sp³-hybridized carbons (Fsp3) is 0.258. The second kappa shape index (κ2) is 11.1. The summed E-state index contributed by atoms with van der Waals surface area (Å²) in [5.41, 5.74) is 1.25. The Morgan fingerprint density at radius 2 is 1.95 bits per heavy atom. The molecule has 5 rings (SSSR count). The molecule has 0 saturated carbocycles. The van der Waals surface area contributed by atoms with E-state index < -0.39 is 11.5 Å². The maximum atomic E-state index is 15.2. The number of benzene rings is 2. The number of carbonyl (C=O) groups excluding carboxylic acids is 1. The lowest BCUT2D eigenvalue weighted by Gasteiger charge is -2.40. The van der Waals surface area contributed by atoms with E-state index in [0.717, 1.165) is 5.56 Å². The van der Waals surface area contributed by atoms with Crippen molar-refractivity contribution in [2.75, 3.05) is 24.5 Å². The second-order valence-electron chi connectivity index (χ2n) is 10.3.